The van der Waals surface area contributed by atoms with Gasteiger partial charge in [-0.1, -0.05) is 0 Å². The zero-order chi connectivity index (χ0) is 14.3. The Balaban J connectivity index is 2.00. The summed E-state index contributed by atoms with van der Waals surface area (Å²) in [5.41, 5.74) is 5.25. The number of amides is 1. The molecule has 2 atom stereocenters. The highest BCUT2D eigenvalue weighted by atomic mass is 32.2. The molecule has 7 nitrogen and oxygen atoms in total. The van der Waals surface area contributed by atoms with Crippen molar-refractivity contribution in [3.8, 4) is 0 Å². The monoisotopic (exact) mass is 291 g/mol. The molecule has 2 aliphatic heterocycles. The van der Waals surface area contributed by atoms with Gasteiger partial charge in [0.15, 0.2) is 0 Å². The maximum Gasteiger partial charge on any atom is 0.232 e. The molecular weight excluding hydrogens is 270 g/mol. The van der Waals surface area contributed by atoms with E-state index in [1.54, 1.807) is 4.90 Å². The Morgan fingerprint density at radius 3 is 2.32 bits per heavy atom. The van der Waals surface area contributed by atoms with Gasteiger partial charge in [-0.15, -0.1) is 0 Å². The van der Waals surface area contributed by atoms with Crippen molar-refractivity contribution >= 4 is 15.9 Å². The number of carbonyl (C=O) groups excluding carboxylic acids is 1. The van der Waals surface area contributed by atoms with E-state index in [9.17, 15) is 13.2 Å². The lowest BCUT2D eigenvalue weighted by Gasteiger charge is -2.38. The van der Waals surface area contributed by atoms with Gasteiger partial charge in [-0.05, 0) is 6.92 Å². The van der Waals surface area contributed by atoms with E-state index in [1.807, 2.05) is 6.92 Å². The first-order valence-corrected chi connectivity index (χ1v) is 8.18. The second-order valence-corrected chi connectivity index (χ2v) is 7.48. The molecule has 0 aromatic carbocycles. The summed E-state index contributed by atoms with van der Waals surface area (Å²) in [4.78, 5) is 14.2. The topological polar surface area (TPSA) is 92.9 Å². The van der Waals surface area contributed by atoms with Crippen molar-refractivity contribution in [2.75, 3.05) is 45.6 Å². The van der Waals surface area contributed by atoms with Gasteiger partial charge in [-0.25, -0.2) is 8.42 Å². The summed E-state index contributed by atoms with van der Waals surface area (Å²) in [6, 6.07) is -0.298. The Labute approximate surface area is 113 Å². The molecule has 0 spiro atoms. The van der Waals surface area contributed by atoms with Gasteiger partial charge in [-0.3, -0.25) is 4.79 Å². The fourth-order valence-electron chi connectivity index (χ4n) is 2.49. The highest BCUT2D eigenvalue weighted by Crippen LogP contribution is 2.30. The van der Waals surface area contributed by atoms with Gasteiger partial charge >= 0.3 is 0 Å². The summed E-state index contributed by atoms with van der Waals surface area (Å²) in [6.07, 6.45) is 1.19. The van der Waals surface area contributed by atoms with Crippen molar-refractivity contribution in [2.24, 2.45) is 11.1 Å². The first-order valence-electron chi connectivity index (χ1n) is 6.33. The molecule has 110 valence electrons. The maximum atomic E-state index is 12.5. The van der Waals surface area contributed by atoms with Gasteiger partial charge in [0.2, 0.25) is 15.9 Å². The van der Waals surface area contributed by atoms with E-state index in [0.717, 1.165) is 0 Å². The summed E-state index contributed by atoms with van der Waals surface area (Å²) in [7, 11) is -3.17. The second-order valence-electron chi connectivity index (χ2n) is 5.49. The third kappa shape index (κ3) is 2.76. The van der Waals surface area contributed by atoms with E-state index >= 15 is 0 Å². The van der Waals surface area contributed by atoms with Crippen LogP contribution < -0.4 is 5.73 Å². The predicted molar refractivity (Wildman–Crippen MR) is 69.9 cm³/mol. The van der Waals surface area contributed by atoms with Crippen LogP contribution in [0.2, 0.25) is 0 Å². The quantitative estimate of drug-likeness (QED) is 0.665. The van der Waals surface area contributed by atoms with Crippen molar-refractivity contribution in [2.45, 2.75) is 13.0 Å². The molecule has 0 bridgehead atoms. The molecule has 2 saturated heterocycles. The zero-order valence-electron chi connectivity index (χ0n) is 11.3. The number of rotatable bonds is 2. The first kappa shape index (κ1) is 14.7. The van der Waals surface area contributed by atoms with Crippen LogP contribution in [-0.2, 0) is 19.6 Å². The Morgan fingerprint density at radius 2 is 1.89 bits per heavy atom. The van der Waals surface area contributed by atoms with Crippen LogP contribution in [0, 0.1) is 5.41 Å². The molecule has 2 N–H and O–H groups in total. The number of hydrogen-bond donors (Lipinski definition) is 1. The summed E-state index contributed by atoms with van der Waals surface area (Å²) in [5.74, 6) is -0.0364. The molecule has 0 aromatic rings. The molecular formula is C11H21N3O4S. The number of carbonyl (C=O) groups is 1. The molecule has 19 heavy (non-hydrogen) atoms. The molecule has 2 fully saturated rings. The average molecular weight is 291 g/mol. The van der Waals surface area contributed by atoms with Crippen molar-refractivity contribution in [1.29, 1.82) is 0 Å². The third-order valence-electron chi connectivity index (χ3n) is 4.00. The van der Waals surface area contributed by atoms with Gasteiger partial charge < -0.3 is 15.4 Å². The van der Waals surface area contributed by atoms with E-state index < -0.39 is 15.4 Å². The number of sulfonamides is 1. The van der Waals surface area contributed by atoms with Crippen LogP contribution in [0.15, 0.2) is 0 Å². The molecule has 8 heteroatoms. The Kier molecular flexibility index (Phi) is 3.87. The highest BCUT2D eigenvalue weighted by molar-refractivity contribution is 7.88. The van der Waals surface area contributed by atoms with Crippen LogP contribution in [0.1, 0.15) is 6.92 Å². The molecule has 2 unspecified atom stereocenters. The standard InChI is InChI=1S/C11H21N3O4S/c1-11(8-18-7-9(11)12)10(15)13-3-5-14(6-4-13)19(2,16)17/h9H,3-8,12H2,1-2H3. The van der Waals surface area contributed by atoms with E-state index in [0.29, 0.717) is 39.4 Å². The van der Waals surface area contributed by atoms with Gasteiger partial charge in [-0.2, -0.15) is 4.31 Å². The lowest BCUT2D eigenvalue weighted by molar-refractivity contribution is -0.143. The van der Waals surface area contributed by atoms with Gasteiger partial charge in [0.1, 0.15) is 0 Å². The molecule has 0 radical (unpaired) electrons. The van der Waals surface area contributed by atoms with Crippen molar-refractivity contribution < 1.29 is 17.9 Å². The van der Waals surface area contributed by atoms with Gasteiger partial charge in [0.25, 0.3) is 0 Å². The first-order chi connectivity index (χ1) is 8.75. The maximum absolute atomic E-state index is 12.5. The van der Waals surface area contributed by atoms with E-state index in [2.05, 4.69) is 0 Å². The van der Waals surface area contributed by atoms with Gasteiger partial charge in [0, 0.05) is 32.2 Å². The molecule has 0 aliphatic carbocycles. The van der Waals surface area contributed by atoms with Crippen molar-refractivity contribution in [3.63, 3.8) is 0 Å². The lowest BCUT2D eigenvalue weighted by atomic mass is 9.84. The summed E-state index contributed by atoms with van der Waals surface area (Å²) in [6.45, 7) is 4.05. The lowest BCUT2D eigenvalue weighted by Crippen LogP contribution is -2.57. The number of nitrogens with two attached hydrogens (primary N) is 1. The van der Waals surface area contributed by atoms with Crippen LogP contribution in [0.5, 0.6) is 0 Å². The molecule has 2 rings (SSSR count). The molecule has 2 heterocycles. The number of piperazine rings is 1. The normalized spacial score (nSPS) is 33.6. The van der Waals surface area contributed by atoms with Crippen LogP contribution in [0.25, 0.3) is 0 Å². The smallest absolute Gasteiger partial charge is 0.232 e. The molecule has 0 saturated carbocycles. The second kappa shape index (κ2) is 5.01. The van der Waals surface area contributed by atoms with Crippen LogP contribution in [-0.4, -0.2) is 75.2 Å². The van der Waals surface area contributed by atoms with Crippen molar-refractivity contribution in [3.05, 3.63) is 0 Å². The minimum absolute atomic E-state index is 0.0364. The third-order valence-corrected chi connectivity index (χ3v) is 5.30. The molecule has 0 aromatic heterocycles. The van der Waals surface area contributed by atoms with Crippen molar-refractivity contribution in [1.82, 2.24) is 9.21 Å². The fraction of sp³-hybridized carbons (Fsp3) is 0.909. The Morgan fingerprint density at radius 1 is 1.32 bits per heavy atom. The minimum Gasteiger partial charge on any atom is -0.379 e. The minimum atomic E-state index is -3.17. The number of hydrogen-bond acceptors (Lipinski definition) is 5. The Bertz CT molecular complexity index is 459. The largest absolute Gasteiger partial charge is 0.379 e. The fourth-order valence-corrected chi connectivity index (χ4v) is 3.32. The summed E-state index contributed by atoms with van der Waals surface area (Å²) < 4.78 is 29.5. The summed E-state index contributed by atoms with van der Waals surface area (Å²) >= 11 is 0. The molecule has 2 aliphatic rings. The van der Waals surface area contributed by atoms with E-state index in [1.165, 1.54) is 10.6 Å². The highest BCUT2D eigenvalue weighted by Gasteiger charge is 2.47. The van der Waals surface area contributed by atoms with E-state index in [-0.39, 0.29) is 11.9 Å². The number of nitrogens with zero attached hydrogens (tertiary/aromatic N) is 2. The average Bonchev–Trinajstić information content (AvgIpc) is 2.69. The number of ether oxygens (including phenoxy) is 1. The summed E-state index contributed by atoms with van der Waals surface area (Å²) in [5, 5.41) is 0. The van der Waals surface area contributed by atoms with Gasteiger partial charge in [0.05, 0.1) is 24.9 Å². The van der Waals surface area contributed by atoms with E-state index in [4.69, 9.17) is 10.5 Å². The van der Waals surface area contributed by atoms with Crippen LogP contribution >= 0.6 is 0 Å². The zero-order valence-corrected chi connectivity index (χ0v) is 12.1. The predicted octanol–water partition coefficient (Wildman–Crippen LogP) is -1.55. The SMILES string of the molecule is CC1(C(=O)N2CCN(S(C)(=O)=O)CC2)COCC1N. The molecule has 1 amide bonds. The van der Waals surface area contributed by atoms with Crippen LogP contribution in [0.3, 0.4) is 0 Å². The van der Waals surface area contributed by atoms with Crippen LogP contribution in [0.4, 0.5) is 0 Å². The Hall–Kier alpha value is -0.700.